The zero-order valence-electron chi connectivity index (χ0n) is 9.39. The van der Waals surface area contributed by atoms with Gasteiger partial charge in [0.1, 0.15) is 19.3 Å². The molecule has 0 spiro atoms. The van der Waals surface area contributed by atoms with Crippen LogP contribution in [0.4, 0.5) is 0 Å². The lowest BCUT2D eigenvalue weighted by Gasteiger charge is -2.18. The minimum Gasteiger partial charge on any atom is -0.496 e. The largest absolute Gasteiger partial charge is 0.496 e. The summed E-state index contributed by atoms with van der Waals surface area (Å²) < 4.78 is 10.6. The quantitative estimate of drug-likeness (QED) is 0.656. The van der Waals surface area contributed by atoms with Gasteiger partial charge < -0.3 is 9.47 Å². The van der Waals surface area contributed by atoms with Crippen molar-refractivity contribution >= 4 is 13.3 Å². The molecule has 2 radical (unpaired) electrons. The van der Waals surface area contributed by atoms with E-state index in [0.29, 0.717) is 0 Å². The maximum absolute atomic E-state index is 5.94. The summed E-state index contributed by atoms with van der Waals surface area (Å²) in [4.78, 5) is 0. The molecule has 1 aromatic carbocycles. The van der Waals surface area contributed by atoms with Crippen LogP contribution in [0, 0.1) is 20.8 Å². The Morgan fingerprint density at radius 3 is 1.43 bits per heavy atom. The summed E-state index contributed by atoms with van der Waals surface area (Å²) in [6.07, 6.45) is 0. The Hall–Kier alpha value is -1.12. The maximum Gasteiger partial charge on any atom is 0.127 e. The third-order valence-electron chi connectivity index (χ3n) is 2.58. The van der Waals surface area contributed by atoms with Crippen molar-refractivity contribution in [2.75, 3.05) is 14.2 Å². The molecule has 1 aromatic rings. The van der Waals surface area contributed by atoms with Gasteiger partial charge in [-0.25, -0.2) is 0 Å². The van der Waals surface area contributed by atoms with Crippen LogP contribution in [0.1, 0.15) is 16.7 Å². The fourth-order valence-corrected chi connectivity index (χ4v) is 1.80. The first kappa shape index (κ1) is 11.0. The molecule has 0 N–H and O–H groups in total. The summed E-state index contributed by atoms with van der Waals surface area (Å²) in [6.45, 7) is 5.87. The van der Waals surface area contributed by atoms with Crippen molar-refractivity contribution < 1.29 is 9.47 Å². The molecule has 0 bridgehead atoms. The van der Waals surface area contributed by atoms with Gasteiger partial charge in [-0.2, -0.15) is 0 Å². The van der Waals surface area contributed by atoms with Gasteiger partial charge in [-0.1, -0.05) is 5.46 Å². The monoisotopic (exact) mass is 190 g/mol. The van der Waals surface area contributed by atoms with Crippen LogP contribution in [0.3, 0.4) is 0 Å². The highest BCUT2D eigenvalue weighted by atomic mass is 16.5. The van der Waals surface area contributed by atoms with E-state index in [2.05, 4.69) is 0 Å². The molecule has 0 fully saturated rings. The van der Waals surface area contributed by atoms with Crippen LogP contribution in [0.25, 0.3) is 0 Å². The Kier molecular flexibility index (Phi) is 3.09. The number of rotatable bonds is 2. The normalized spacial score (nSPS) is 10.1. The van der Waals surface area contributed by atoms with Crippen molar-refractivity contribution in [3.63, 3.8) is 0 Å². The van der Waals surface area contributed by atoms with E-state index in [1.807, 2.05) is 20.8 Å². The molecule has 0 saturated carbocycles. The molecular weight excluding hydrogens is 175 g/mol. The van der Waals surface area contributed by atoms with Crippen LogP contribution in [-0.2, 0) is 0 Å². The number of benzene rings is 1. The van der Waals surface area contributed by atoms with Crippen LogP contribution in [-0.4, -0.2) is 22.1 Å². The lowest BCUT2D eigenvalue weighted by Crippen LogP contribution is -2.15. The van der Waals surface area contributed by atoms with E-state index >= 15 is 0 Å². The van der Waals surface area contributed by atoms with E-state index < -0.39 is 0 Å². The summed E-state index contributed by atoms with van der Waals surface area (Å²) in [7, 11) is 9.23. The molecule has 0 heterocycles. The summed E-state index contributed by atoms with van der Waals surface area (Å²) >= 11 is 0. The molecule has 14 heavy (non-hydrogen) atoms. The molecule has 1 rings (SSSR count). The van der Waals surface area contributed by atoms with Gasteiger partial charge in [0.2, 0.25) is 0 Å². The molecule has 0 aliphatic heterocycles. The highest BCUT2D eigenvalue weighted by molar-refractivity contribution is 6.35. The average Bonchev–Trinajstić information content (AvgIpc) is 2.16. The smallest absolute Gasteiger partial charge is 0.127 e. The molecule has 0 aliphatic rings. The van der Waals surface area contributed by atoms with Crippen LogP contribution >= 0.6 is 0 Å². The van der Waals surface area contributed by atoms with Gasteiger partial charge in [-0.15, -0.1) is 0 Å². The molecule has 74 valence electrons. The SMILES string of the molecule is [B]c1c(C)c(OC)c(C)c(OC)c1C. The molecule has 2 nitrogen and oxygen atoms in total. The highest BCUT2D eigenvalue weighted by Gasteiger charge is 2.14. The lowest BCUT2D eigenvalue weighted by molar-refractivity contribution is 0.385. The van der Waals surface area contributed by atoms with E-state index in [4.69, 9.17) is 17.3 Å². The average molecular weight is 190 g/mol. The Morgan fingerprint density at radius 1 is 0.786 bits per heavy atom. The van der Waals surface area contributed by atoms with Gasteiger partial charge in [0, 0.05) is 5.56 Å². The second-order valence-electron chi connectivity index (χ2n) is 3.36. The second kappa shape index (κ2) is 3.95. The van der Waals surface area contributed by atoms with Gasteiger partial charge in [0.05, 0.1) is 14.2 Å². The third-order valence-corrected chi connectivity index (χ3v) is 2.58. The standard InChI is InChI=1S/C11H15BO2/c1-6-9(12)7(2)11(14-5)8(3)10(6)13-4/h1-5H3. The van der Waals surface area contributed by atoms with E-state index in [0.717, 1.165) is 33.7 Å². The van der Waals surface area contributed by atoms with E-state index in [9.17, 15) is 0 Å². The molecule has 0 aromatic heterocycles. The van der Waals surface area contributed by atoms with E-state index in [-0.39, 0.29) is 0 Å². The van der Waals surface area contributed by atoms with Crippen molar-refractivity contribution in [3.05, 3.63) is 16.7 Å². The predicted molar refractivity (Wildman–Crippen MR) is 59.1 cm³/mol. The lowest BCUT2D eigenvalue weighted by atomic mass is 9.84. The maximum atomic E-state index is 5.94. The first-order valence-corrected chi connectivity index (χ1v) is 4.51. The minimum atomic E-state index is 0.740. The first-order valence-electron chi connectivity index (χ1n) is 4.51. The van der Waals surface area contributed by atoms with Crippen LogP contribution in [0.2, 0.25) is 0 Å². The van der Waals surface area contributed by atoms with Crippen molar-refractivity contribution in [2.24, 2.45) is 0 Å². The third kappa shape index (κ3) is 1.47. The van der Waals surface area contributed by atoms with Gasteiger partial charge in [0.25, 0.3) is 0 Å². The molecular formula is C11H15BO2. The summed E-state index contributed by atoms with van der Waals surface area (Å²) in [6, 6.07) is 0. The van der Waals surface area contributed by atoms with Gasteiger partial charge in [-0.3, -0.25) is 0 Å². The Labute approximate surface area is 86.6 Å². The number of ether oxygens (including phenoxy) is 2. The second-order valence-corrected chi connectivity index (χ2v) is 3.36. The van der Waals surface area contributed by atoms with Gasteiger partial charge >= 0.3 is 0 Å². The van der Waals surface area contributed by atoms with Crippen molar-refractivity contribution in [2.45, 2.75) is 20.8 Å². The van der Waals surface area contributed by atoms with E-state index in [1.165, 1.54) is 0 Å². The topological polar surface area (TPSA) is 18.5 Å². The van der Waals surface area contributed by atoms with Crippen molar-refractivity contribution in [1.82, 2.24) is 0 Å². The minimum absolute atomic E-state index is 0.740. The van der Waals surface area contributed by atoms with E-state index in [1.54, 1.807) is 14.2 Å². The molecule has 0 atom stereocenters. The zero-order valence-corrected chi connectivity index (χ0v) is 9.39. The fraction of sp³-hybridized carbons (Fsp3) is 0.455. The zero-order chi connectivity index (χ0) is 10.9. The number of hydrogen-bond donors (Lipinski definition) is 0. The molecule has 0 amide bonds. The Balaban J connectivity index is 3.56. The van der Waals surface area contributed by atoms with Crippen LogP contribution < -0.4 is 14.9 Å². The van der Waals surface area contributed by atoms with Crippen molar-refractivity contribution in [1.29, 1.82) is 0 Å². The molecule has 0 saturated heterocycles. The number of hydrogen-bond acceptors (Lipinski definition) is 2. The van der Waals surface area contributed by atoms with Gasteiger partial charge in [-0.05, 0) is 31.9 Å². The summed E-state index contributed by atoms with van der Waals surface area (Å²) in [5.41, 5.74) is 3.69. The fourth-order valence-electron chi connectivity index (χ4n) is 1.80. The highest BCUT2D eigenvalue weighted by Crippen LogP contribution is 2.32. The molecule has 3 heteroatoms. The van der Waals surface area contributed by atoms with Crippen LogP contribution in [0.5, 0.6) is 11.5 Å². The first-order chi connectivity index (χ1) is 6.54. The number of methoxy groups -OCH3 is 2. The van der Waals surface area contributed by atoms with Crippen molar-refractivity contribution in [3.8, 4) is 11.5 Å². The molecule has 0 unspecified atom stereocenters. The summed E-state index contributed by atoms with van der Waals surface area (Å²) in [5, 5.41) is 0. The summed E-state index contributed by atoms with van der Waals surface area (Å²) in [5.74, 6) is 1.62. The Morgan fingerprint density at radius 2 is 1.14 bits per heavy atom. The Bertz CT molecular complexity index is 328. The molecule has 0 aliphatic carbocycles. The van der Waals surface area contributed by atoms with Crippen LogP contribution in [0.15, 0.2) is 0 Å². The predicted octanol–water partition coefficient (Wildman–Crippen LogP) is 1.42. The van der Waals surface area contributed by atoms with Gasteiger partial charge in [0.15, 0.2) is 0 Å².